The monoisotopic (exact) mass is 309 g/mol. The van der Waals surface area contributed by atoms with Crippen LogP contribution in [0.3, 0.4) is 0 Å². The predicted octanol–water partition coefficient (Wildman–Crippen LogP) is 2.49. The maximum atomic E-state index is 12.8. The van der Waals surface area contributed by atoms with Crippen molar-refractivity contribution >= 4 is 27.5 Å². The van der Waals surface area contributed by atoms with Crippen molar-refractivity contribution in [2.45, 2.75) is 35.1 Å². The van der Waals surface area contributed by atoms with Gasteiger partial charge in [0.05, 0.1) is 24.3 Å². The number of benzene rings is 1. The van der Waals surface area contributed by atoms with Gasteiger partial charge in [-0.25, -0.2) is 4.98 Å². The number of nitrogens with one attached hydrogen (secondary N) is 1. The van der Waals surface area contributed by atoms with Crippen molar-refractivity contribution in [3.05, 3.63) is 36.8 Å². The van der Waals surface area contributed by atoms with E-state index in [1.54, 1.807) is 11.8 Å². The smallest absolute Gasteiger partial charge is 0.281 e. The van der Waals surface area contributed by atoms with Crippen LogP contribution in [0.1, 0.15) is 13.8 Å². The molecule has 7 heteroatoms. The first-order valence-electron chi connectivity index (χ1n) is 6.30. The lowest BCUT2D eigenvalue weighted by Gasteiger charge is -2.38. The van der Waals surface area contributed by atoms with Crippen molar-refractivity contribution in [2.24, 2.45) is 0 Å². The third-order valence-corrected chi connectivity index (χ3v) is 6.67. The van der Waals surface area contributed by atoms with Crippen LogP contribution >= 0.6 is 11.8 Å². The highest BCUT2D eigenvalue weighted by atomic mass is 32.2. The molecule has 0 fully saturated rings. The molecule has 1 aliphatic heterocycles. The van der Waals surface area contributed by atoms with E-state index < -0.39 is 10.0 Å². The van der Waals surface area contributed by atoms with Crippen molar-refractivity contribution in [1.29, 1.82) is 0 Å². The van der Waals surface area contributed by atoms with Gasteiger partial charge >= 0.3 is 0 Å². The summed E-state index contributed by atoms with van der Waals surface area (Å²) in [7, 11) is -3.61. The number of thioether (sulfide) groups is 1. The van der Waals surface area contributed by atoms with E-state index in [2.05, 4.69) is 9.97 Å². The third kappa shape index (κ3) is 2.01. The molecule has 106 valence electrons. The number of sulfonamides is 1. The predicted molar refractivity (Wildman–Crippen MR) is 79.5 cm³/mol. The van der Waals surface area contributed by atoms with Gasteiger partial charge in [-0.15, -0.1) is 11.8 Å². The van der Waals surface area contributed by atoms with Crippen LogP contribution in [0.2, 0.25) is 0 Å². The number of rotatable bonds is 2. The quantitative estimate of drug-likeness (QED) is 0.925. The zero-order valence-electron chi connectivity index (χ0n) is 11.1. The average Bonchev–Trinajstić information content (AvgIpc) is 2.94. The highest BCUT2D eigenvalue weighted by Crippen LogP contribution is 2.43. The van der Waals surface area contributed by atoms with Crippen LogP contribution < -0.4 is 4.31 Å². The van der Waals surface area contributed by atoms with Gasteiger partial charge in [0.1, 0.15) is 0 Å². The Labute approximate surface area is 122 Å². The van der Waals surface area contributed by atoms with Crippen LogP contribution in [0.25, 0.3) is 0 Å². The number of fused-ring (bicyclic) bond motifs is 1. The van der Waals surface area contributed by atoms with Gasteiger partial charge in [0.25, 0.3) is 10.0 Å². The first kappa shape index (κ1) is 13.5. The Balaban J connectivity index is 2.17. The Morgan fingerprint density at radius 2 is 2.05 bits per heavy atom. The summed E-state index contributed by atoms with van der Waals surface area (Å²) in [4.78, 5) is 7.50. The second-order valence-electron chi connectivity index (χ2n) is 4.75. The average molecular weight is 309 g/mol. The van der Waals surface area contributed by atoms with Crippen LogP contribution in [-0.2, 0) is 10.0 Å². The molecule has 0 aliphatic carbocycles. The van der Waals surface area contributed by atoms with Gasteiger partial charge in [-0.3, -0.25) is 4.31 Å². The third-order valence-electron chi connectivity index (χ3n) is 3.47. The summed E-state index contributed by atoms with van der Waals surface area (Å²) in [5.74, 6) is 0. The molecule has 2 atom stereocenters. The largest absolute Gasteiger partial charge is 0.334 e. The normalized spacial score (nSPS) is 22.6. The summed E-state index contributed by atoms with van der Waals surface area (Å²) in [6.07, 6.45) is 2.72. The summed E-state index contributed by atoms with van der Waals surface area (Å²) in [6.45, 7) is 3.97. The molecular weight excluding hydrogens is 294 g/mol. The van der Waals surface area contributed by atoms with E-state index in [4.69, 9.17) is 0 Å². The fourth-order valence-electron chi connectivity index (χ4n) is 2.29. The zero-order valence-corrected chi connectivity index (χ0v) is 12.8. The summed E-state index contributed by atoms with van der Waals surface area (Å²) in [5, 5.41) is 0.306. The molecule has 1 N–H and O–H groups in total. The van der Waals surface area contributed by atoms with Gasteiger partial charge < -0.3 is 4.98 Å². The summed E-state index contributed by atoms with van der Waals surface area (Å²) < 4.78 is 27.1. The minimum atomic E-state index is -3.61. The molecule has 3 rings (SSSR count). The number of H-pyrrole nitrogens is 1. The van der Waals surface area contributed by atoms with E-state index in [-0.39, 0.29) is 16.3 Å². The van der Waals surface area contributed by atoms with E-state index in [0.29, 0.717) is 0 Å². The number of aromatic amines is 1. The lowest BCUT2D eigenvalue weighted by molar-refractivity contribution is 0.573. The van der Waals surface area contributed by atoms with Gasteiger partial charge in [0, 0.05) is 10.1 Å². The van der Waals surface area contributed by atoms with Crippen molar-refractivity contribution in [3.63, 3.8) is 0 Å². The number of aromatic nitrogens is 2. The van der Waals surface area contributed by atoms with Crippen LogP contribution in [0.4, 0.5) is 5.69 Å². The first-order chi connectivity index (χ1) is 9.51. The Kier molecular flexibility index (Phi) is 3.25. The van der Waals surface area contributed by atoms with Crippen LogP contribution in [0, 0.1) is 0 Å². The van der Waals surface area contributed by atoms with E-state index in [9.17, 15) is 8.42 Å². The van der Waals surface area contributed by atoms with E-state index >= 15 is 0 Å². The fraction of sp³-hybridized carbons (Fsp3) is 0.308. The Bertz CT molecular complexity index is 713. The highest BCUT2D eigenvalue weighted by molar-refractivity contribution is 8.00. The Hall–Kier alpha value is -1.47. The summed E-state index contributed by atoms with van der Waals surface area (Å²) >= 11 is 1.71. The summed E-state index contributed by atoms with van der Waals surface area (Å²) in [5.41, 5.74) is 0.734. The molecule has 1 aromatic carbocycles. The maximum Gasteiger partial charge on any atom is 0.281 e. The molecule has 1 aliphatic rings. The molecule has 0 saturated carbocycles. The molecule has 0 radical (unpaired) electrons. The van der Waals surface area contributed by atoms with Gasteiger partial charge in [0.2, 0.25) is 0 Å². The number of hydrogen-bond donors (Lipinski definition) is 1. The Morgan fingerprint density at radius 1 is 1.30 bits per heavy atom. The Morgan fingerprint density at radius 3 is 2.75 bits per heavy atom. The minimum absolute atomic E-state index is 0.122. The van der Waals surface area contributed by atoms with Crippen LogP contribution in [-0.4, -0.2) is 29.7 Å². The van der Waals surface area contributed by atoms with Crippen LogP contribution in [0.15, 0.2) is 46.7 Å². The molecule has 20 heavy (non-hydrogen) atoms. The van der Waals surface area contributed by atoms with E-state index in [0.717, 1.165) is 10.6 Å². The second kappa shape index (κ2) is 4.82. The first-order valence-corrected chi connectivity index (χ1v) is 8.62. The zero-order chi connectivity index (χ0) is 14.3. The number of anilines is 1. The minimum Gasteiger partial charge on any atom is -0.334 e. The van der Waals surface area contributed by atoms with Crippen molar-refractivity contribution in [1.82, 2.24) is 9.97 Å². The molecule has 2 aromatic rings. The van der Waals surface area contributed by atoms with Gasteiger partial charge in [-0.05, 0) is 19.1 Å². The van der Waals surface area contributed by atoms with Gasteiger partial charge in [-0.1, -0.05) is 19.1 Å². The lowest BCUT2D eigenvalue weighted by Crippen LogP contribution is -2.46. The van der Waals surface area contributed by atoms with E-state index in [1.165, 1.54) is 16.8 Å². The molecule has 0 saturated heterocycles. The number of para-hydroxylation sites is 1. The molecule has 0 bridgehead atoms. The molecule has 0 spiro atoms. The number of imidazole rings is 1. The highest BCUT2D eigenvalue weighted by Gasteiger charge is 2.38. The van der Waals surface area contributed by atoms with Crippen LogP contribution in [0.5, 0.6) is 0 Å². The molecular formula is C13H15N3O2S2. The topological polar surface area (TPSA) is 66.1 Å². The second-order valence-corrected chi connectivity index (χ2v) is 7.95. The molecule has 2 heterocycles. The lowest BCUT2D eigenvalue weighted by atomic mass is 10.2. The molecule has 0 unspecified atom stereocenters. The molecule has 0 amide bonds. The maximum absolute atomic E-state index is 12.8. The standard InChI is InChI=1S/C13H15N3O2S2/c1-9-10(2)19-12-6-4-3-5-11(12)16(9)20(17,18)13-7-14-8-15-13/h3-10H,1-2H3,(H,14,15)/t9-,10+/m1/s1. The summed E-state index contributed by atoms with van der Waals surface area (Å²) in [6, 6.07) is 7.46. The van der Waals surface area contributed by atoms with Crippen molar-refractivity contribution in [3.8, 4) is 0 Å². The molecule has 1 aromatic heterocycles. The molecule has 5 nitrogen and oxygen atoms in total. The van der Waals surface area contributed by atoms with Gasteiger partial charge in [0.15, 0.2) is 5.03 Å². The van der Waals surface area contributed by atoms with E-state index in [1.807, 2.05) is 38.1 Å². The fourth-order valence-corrected chi connectivity index (χ4v) is 5.23. The van der Waals surface area contributed by atoms with Gasteiger partial charge in [-0.2, -0.15) is 8.42 Å². The SMILES string of the molecule is C[C@@H]1Sc2ccccc2N(S(=O)(=O)c2cnc[nH]2)[C@@H]1C. The van der Waals surface area contributed by atoms with Crippen molar-refractivity contribution in [2.75, 3.05) is 4.31 Å². The number of nitrogens with zero attached hydrogens (tertiary/aromatic N) is 2. The number of hydrogen-bond acceptors (Lipinski definition) is 4. The van der Waals surface area contributed by atoms with Crippen molar-refractivity contribution < 1.29 is 8.42 Å².